The number of H-pyrrole nitrogens is 1. The van der Waals surface area contributed by atoms with Gasteiger partial charge in [0.2, 0.25) is 0 Å². The van der Waals surface area contributed by atoms with Crippen LogP contribution in [0.2, 0.25) is 0 Å². The smallest absolute Gasteiger partial charge is 0.413 e. The van der Waals surface area contributed by atoms with Gasteiger partial charge in [-0.3, -0.25) is 15.2 Å². The van der Waals surface area contributed by atoms with Gasteiger partial charge in [0.15, 0.2) is 11.6 Å². The molecule has 0 saturated carbocycles. The summed E-state index contributed by atoms with van der Waals surface area (Å²) < 4.78 is 5.31. The van der Waals surface area contributed by atoms with Gasteiger partial charge in [-0.25, -0.2) is 4.79 Å². The molecule has 0 spiro atoms. The molecule has 27 heavy (non-hydrogen) atoms. The number of carbonyl (C=O) groups excluding carboxylic acids is 2. The first-order chi connectivity index (χ1) is 12.4. The summed E-state index contributed by atoms with van der Waals surface area (Å²) >= 11 is 0. The number of nitriles is 1. The van der Waals surface area contributed by atoms with Crippen molar-refractivity contribution in [3.8, 4) is 6.07 Å². The van der Waals surface area contributed by atoms with Gasteiger partial charge in [0.05, 0.1) is 11.3 Å². The number of allylic oxidation sites excluding steroid dienone is 2. The Bertz CT molecular complexity index is 882. The van der Waals surface area contributed by atoms with E-state index >= 15 is 0 Å². The van der Waals surface area contributed by atoms with Crippen LogP contribution in [0.4, 0.5) is 10.6 Å². The van der Waals surface area contributed by atoms with Gasteiger partial charge in [0, 0.05) is 16.4 Å². The van der Waals surface area contributed by atoms with Gasteiger partial charge in [-0.2, -0.15) is 10.4 Å². The zero-order chi connectivity index (χ0) is 20.2. The van der Waals surface area contributed by atoms with Crippen LogP contribution in [0.1, 0.15) is 59.2 Å². The van der Waals surface area contributed by atoms with E-state index in [1.54, 1.807) is 26.8 Å². The summed E-state index contributed by atoms with van der Waals surface area (Å²) in [6.45, 7) is 11.2. The molecule has 0 saturated heterocycles. The second kappa shape index (κ2) is 5.95. The fourth-order valence-corrected chi connectivity index (χ4v) is 4.56. The number of ketones is 1. The Kier molecular flexibility index (Phi) is 4.22. The summed E-state index contributed by atoms with van der Waals surface area (Å²) in [5.41, 5.74) is 0.155. The van der Waals surface area contributed by atoms with Crippen molar-refractivity contribution in [2.24, 2.45) is 11.3 Å². The molecule has 2 aliphatic carbocycles. The Morgan fingerprint density at radius 3 is 2.67 bits per heavy atom. The van der Waals surface area contributed by atoms with Crippen LogP contribution in [0.3, 0.4) is 0 Å². The first-order valence-electron chi connectivity index (χ1n) is 9.15. The van der Waals surface area contributed by atoms with Crippen LogP contribution in [-0.2, 0) is 21.4 Å². The number of aromatic amines is 1. The maximum atomic E-state index is 12.7. The molecule has 0 aliphatic heterocycles. The molecule has 2 atom stereocenters. The van der Waals surface area contributed by atoms with Crippen LogP contribution in [0, 0.1) is 22.7 Å². The summed E-state index contributed by atoms with van der Waals surface area (Å²) in [5, 5.41) is 19.5. The maximum Gasteiger partial charge on any atom is 0.413 e. The molecule has 7 heteroatoms. The molecule has 7 nitrogen and oxygen atoms in total. The number of hydrogen-bond acceptors (Lipinski definition) is 5. The number of anilines is 1. The van der Waals surface area contributed by atoms with Gasteiger partial charge in [-0.1, -0.05) is 26.8 Å². The monoisotopic (exact) mass is 370 g/mol. The third-order valence-electron chi connectivity index (χ3n) is 5.70. The number of nitrogens with zero attached hydrogens (tertiary/aromatic N) is 2. The van der Waals surface area contributed by atoms with Crippen molar-refractivity contribution >= 4 is 17.7 Å². The molecule has 1 aromatic heterocycles. The number of ether oxygens (including phenoxy) is 1. The zero-order valence-corrected chi connectivity index (χ0v) is 16.7. The van der Waals surface area contributed by atoms with Crippen LogP contribution in [0.15, 0.2) is 11.6 Å². The summed E-state index contributed by atoms with van der Waals surface area (Å²) in [6, 6.07) is 2.05. The Balaban J connectivity index is 2.01. The third-order valence-corrected chi connectivity index (χ3v) is 5.70. The lowest BCUT2D eigenvalue weighted by atomic mass is 9.52. The number of rotatable bonds is 1. The zero-order valence-electron chi connectivity index (χ0n) is 16.7. The number of carbonyl (C=O) groups is 2. The maximum absolute atomic E-state index is 12.7. The minimum atomic E-state index is -0.643. The SMILES string of the molecule is CC(C)(C)OC(=O)Nc1n[nH]c2c1CC[C@H]1C(C)(C)C(=O)C(C#N)=C[C@]21C. The summed E-state index contributed by atoms with van der Waals surface area (Å²) in [7, 11) is 0. The molecule has 0 aromatic carbocycles. The van der Waals surface area contributed by atoms with Crippen molar-refractivity contribution in [1.82, 2.24) is 10.2 Å². The lowest BCUT2D eigenvalue weighted by Crippen LogP contribution is -2.51. The Labute approximate surface area is 159 Å². The van der Waals surface area contributed by atoms with Gasteiger partial charge in [-0.05, 0) is 39.5 Å². The minimum Gasteiger partial charge on any atom is -0.444 e. The average molecular weight is 370 g/mol. The number of amides is 1. The van der Waals surface area contributed by atoms with E-state index < -0.39 is 22.5 Å². The quantitative estimate of drug-likeness (QED) is 0.785. The van der Waals surface area contributed by atoms with E-state index in [9.17, 15) is 14.9 Å². The lowest BCUT2D eigenvalue weighted by Gasteiger charge is -2.49. The Morgan fingerprint density at radius 1 is 1.41 bits per heavy atom. The van der Waals surface area contributed by atoms with Crippen LogP contribution in [0.5, 0.6) is 0 Å². The van der Waals surface area contributed by atoms with Gasteiger partial charge in [0.25, 0.3) is 0 Å². The normalized spacial score (nSPS) is 26.3. The predicted octanol–water partition coefficient (Wildman–Crippen LogP) is 3.64. The number of hydrogen-bond donors (Lipinski definition) is 2. The fraction of sp³-hybridized carbons (Fsp3) is 0.600. The Hall–Kier alpha value is -2.62. The number of aromatic nitrogens is 2. The number of Topliss-reactive ketones (excluding diaryl/α,β-unsaturated/α-hetero) is 1. The van der Waals surface area contributed by atoms with Crippen LogP contribution < -0.4 is 5.32 Å². The second-order valence-corrected chi connectivity index (χ2v) is 9.15. The van der Waals surface area contributed by atoms with Crippen molar-refractivity contribution < 1.29 is 14.3 Å². The van der Waals surface area contributed by atoms with Gasteiger partial charge >= 0.3 is 6.09 Å². The van der Waals surface area contributed by atoms with Crippen molar-refractivity contribution in [3.05, 3.63) is 22.9 Å². The van der Waals surface area contributed by atoms with Crippen LogP contribution >= 0.6 is 0 Å². The molecule has 1 aromatic rings. The highest BCUT2D eigenvalue weighted by molar-refractivity contribution is 6.04. The van der Waals surface area contributed by atoms with Crippen LogP contribution in [-0.4, -0.2) is 27.7 Å². The second-order valence-electron chi connectivity index (χ2n) is 9.15. The van der Waals surface area contributed by atoms with Gasteiger partial charge in [-0.15, -0.1) is 0 Å². The molecule has 144 valence electrons. The van der Waals surface area contributed by atoms with Crippen molar-refractivity contribution in [1.29, 1.82) is 5.26 Å². The molecular formula is C20H26N4O3. The summed E-state index contributed by atoms with van der Waals surface area (Å²) in [6.07, 6.45) is 2.65. The molecule has 1 heterocycles. The molecule has 3 rings (SSSR count). The Morgan fingerprint density at radius 2 is 2.07 bits per heavy atom. The minimum absolute atomic E-state index is 0.0388. The number of nitrogens with one attached hydrogen (secondary N) is 2. The number of fused-ring (bicyclic) bond motifs is 3. The van der Waals surface area contributed by atoms with E-state index in [2.05, 4.69) is 21.6 Å². The average Bonchev–Trinajstić information content (AvgIpc) is 2.93. The predicted molar refractivity (Wildman–Crippen MR) is 100 cm³/mol. The van der Waals surface area contributed by atoms with Gasteiger partial charge < -0.3 is 4.74 Å². The van der Waals surface area contributed by atoms with Crippen molar-refractivity contribution in [3.63, 3.8) is 0 Å². The largest absolute Gasteiger partial charge is 0.444 e. The third kappa shape index (κ3) is 3.03. The molecule has 1 amide bonds. The van der Waals surface area contributed by atoms with E-state index in [0.717, 1.165) is 17.7 Å². The highest BCUT2D eigenvalue weighted by Crippen LogP contribution is 2.54. The van der Waals surface area contributed by atoms with E-state index in [0.29, 0.717) is 12.2 Å². The molecule has 0 radical (unpaired) electrons. The highest BCUT2D eigenvalue weighted by Gasteiger charge is 2.55. The standard InChI is InChI=1S/C20H26N4O3/c1-18(2,3)27-17(26)22-16-12-7-8-13-19(4,5)15(25)11(10-21)9-20(13,6)14(12)23-24-16/h9,13H,7-8H2,1-6H3,(H2,22,23,24,26)/t13-,20-/m0/s1. The molecule has 2 aliphatic rings. The van der Waals surface area contributed by atoms with E-state index in [1.807, 2.05) is 20.8 Å². The molecule has 2 N–H and O–H groups in total. The van der Waals surface area contributed by atoms with Gasteiger partial charge in [0.1, 0.15) is 11.7 Å². The lowest BCUT2D eigenvalue weighted by molar-refractivity contribution is -0.128. The highest BCUT2D eigenvalue weighted by atomic mass is 16.6. The topological polar surface area (TPSA) is 108 Å². The van der Waals surface area contributed by atoms with Crippen molar-refractivity contribution in [2.45, 2.75) is 65.4 Å². The summed E-state index contributed by atoms with van der Waals surface area (Å²) in [4.78, 5) is 24.8. The van der Waals surface area contributed by atoms with Crippen LogP contribution in [0.25, 0.3) is 0 Å². The van der Waals surface area contributed by atoms with E-state index in [1.165, 1.54) is 0 Å². The molecule has 0 fully saturated rings. The van der Waals surface area contributed by atoms with Crippen molar-refractivity contribution in [2.75, 3.05) is 5.32 Å². The van der Waals surface area contributed by atoms with E-state index in [4.69, 9.17) is 4.74 Å². The summed E-state index contributed by atoms with van der Waals surface area (Å²) in [5.74, 6) is 0.375. The van der Waals surface area contributed by atoms with E-state index in [-0.39, 0.29) is 17.3 Å². The molecule has 0 unspecified atom stereocenters. The molecular weight excluding hydrogens is 344 g/mol. The molecule has 0 bridgehead atoms. The first kappa shape index (κ1) is 19.2. The first-order valence-corrected chi connectivity index (χ1v) is 9.15. The fourth-order valence-electron chi connectivity index (χ4n) is 4.56.